The lowest BCUT2D eigenvalue weighted by atomic mass is 10.1. The Balaban J connectivity index is 1.74. The number of benzene rings is 1. The zero-order chi connectivity index (χ0) is 13.2. The fourth-order valence-electron chi connectivity index (χ4n) is 2.83. The van der Waals surface area contributed by atoms with Gasteiger partial charge in [0.1, 0.15) is 0 Å². The number of ketones is 1. The summed E-state index contributed by atoms with van der Waals surface area (Å²) >= 11 is 0. The van der Waals surface area contributed by atoms with E-state index >= 15 is 0 Å². The van der Waals surface area contributed by atoms with Crippen LogP contribution in [-0.2, 0) is 0 Å². The van der Waals surface area contributed by atoms with Crippen molar-refractivity contribution in [1.29, 1.82) is 0 Å². The lowest BCUT2D eigenvalue weighted by molar-refractivity contribution is 0.0996. The Morgan fingerprint density at radius 1 is 1.21 bits per heavy atom. The van der Waals surface area contributed by atoms with E-state index in [1.54, 1.807) is 24.3 Å². The lowest BCUT2D eigenvalue weighted by Gasteiger charge is -2.33. The molecule has 2 bridgehead atoms. The smallest absolute Gasteiger partial charge is 0.222 e. The van der Waals surface area contributed by atoms with Crippen LogP contribution in [0.2, 0.25) is 0 Å². The van der Waals surface area contributed by atoms with Crippen LogP contribution in [0.25, 0.3) is 0 Å². The van der Waals surface area contributed by atoms with Crippen LogP contribution >= 0.6 is 0 Å². The Morgan fingerprint density at radius 3 is 2.79 bits per heavy atom. The first kappa shape index (κ1) is 12.4. The van der Waals surface area contributed by atoms with Crippen LogP contribution in [0, 0.1) is 0 Å². The number of rotatable bonds is 3. The number of allylic oxidation sites excluding steroid dienone is 1. The van der Waals surface area contributed by atoms with Gasteiger partial charge in [0.05, 0.1) is 0 Å². The standard InChI is InChI=1S/C15H17FN2O/c16-14(15(19)12-4-2-1-3-5-12)11-18-9-8-17-7-6-13(18)10-17/h1-5,11,13H,6-10H2/b14-11-. The van der Waals surface area contributed by atoms with Crippen molar-refractivity contribution in [2.24, 2.45) is 0 Å². The SMILES string of the molecule is O=C(/C(F)=C/N1CCN2CCC1C2)c1ccccc1. The minimum Gasteiger partial charge on any atom is -0.369 e. The maximum atomic E-state index is 14.0. The molecule has 2 fully saturated rings. The van der Waals surface area contributed by atoms with Gasteiger partial charge in [-0.2, -0.15) is 0 Å². The Labute approximate surface area is 112 Å². The molecule has 19 heavy (non-hydrogen) atoms. The summed E-state index contributed by atoms with van der Waals surface area (Å²) < 4.78 is 14.0. The van der Waals surface area contributed by atoms with Gasteiger partial charge in [-0.15, -0.1) is 0 Å². The molecule has 0 aliphatic carbocycles. The van der Waals surface area contributed by atoms with Gasteiger partial charge in [0.15, 0.2) is 5.83 Å². The monoisotopic (exact) mass is 260 g/mol. The van der Waals surface area contributed by atoms with Gasteiger partial charge in [0.2, 0.25) is 5.78 Å². The average Bonchev–Trinajstić information content (AvgIpc) is 2.85. The van der Waals surface area contributed by atoms with Gasteiger partial charge in [0, 0.05) is 44.0 Å². The third kappa shape index (κ3) is 2.54. The van der Waals surface area contributed by atoms with E-state index < -0.39 is 11.6 Å². The van der Waals surface area contributed by atoms with Crippen LogP contribution in [0.5, 0.6) is 0 Å². The van der Waals surface area contributed by atoms with Crippen molar-refractivity contribution in [2.75, 3.05) is 26.2 Å². The van der Waals surface area contributed by atoms with E-state index in [1.807, 2.05) is 11.0 Å². The molecule has 2 heterocycles. The van der Waals surface area contributed by atoms with E-state index in [-0.39, 0.29) is 0 Å². The molecule has 100 valence electrons. The number of hydrogen-bond acceptors (Lipinski definition) is 3. The molecule has 3 nitrogen and oxygen atoms in total. The summed E-state index contributed by atoms with van der Waals surface area (Å²) in [6, 6.07) is 8.96. The normalized spacial score (nSPS) is 26.6. The summed E-state index contributed by atoms with van der Waals surface area (Å²) in [4.78, 5) is 16.3. The van der Waals surface area contributed by atoms with E-state index in [9.17, 15) is 9.18 Å². The van der Waals surface area contributed by atoms with E-state index in [0.29, 0.717) is 11.6 Å². The molecular formula is C15H17FN2O. The summed E-state index contributed by atoms with van der Waals surface area (Å²) in [7, 11) is 0. The molecule has 2 saturated heterocycles. The highest BCUT2D eigenvalue weighted by Gasteiger charge is 2.31. The Hall–Kier alpha value is -1.68. The number of nitrogens with zero attached hydrogens (tertiary/aromatic N) is 2. The lowest BCUT2D eigenvalue weighted by Crippen LogP contribution is -2.43. The first-order valence-corrected chi connectivity index (χ1v) is 6.69. The third-order valence-corrected chi connectivity index (χ3v) is 3.92. The van der Waals surface area contributed by atoms with Gasteiger partial charge in [-0.1, -0.05) is 30.3 Å². The molecule has 2 aliphatic rings. The molecule has 0 saturated carbocycles. The van der Waals surface area contributed by atoms with Crippen molar-refractivity contribution in [2.45, 2.75) is 12.5 Å². The molecule has 0 amide bonds. The van der Waals surface area contributed by atoms with Crippen LogP contribution in [0.1, 0.15) is 16.8 Å². The second-order valence-corrected chi connectivity index (χ2v) is 5.15. The largest absolute Gasteiger partial charge is 0.369 e. The molecule has 1 aromatic carbocycles. The summed E-state index contributed by atoms with van der Waals surface area (Å²) in [5.74, 6) is -1.19. The minimum absolute atomic E-state index is 0.364. The second-order valence-electron chi connectivity index (χ2n) is 5.15. The van der Waals surface area contributed by atoms with Crippen molar-refractivity contribution in [3.05, 3.63) is 47.9 Å². The maximum Gasteiger partial charge on any atom is 0.222 e. The van der Waals surface area contributed by atoms with E-state index in [4.69, 9.17) is 0 Å². The average molecular weight is 260 g/mol. The fraction of sp³-hybridized carbons (Fsp3) is 0.400. The molecular weight excluding hydrogens is 243 g/mol. The number of fused-ring (bicyclic) bond motifs is 2. The van der Waals surface area contributed by atoms with Gasteiger partial charge in [-0.25, -0.2) is 4.39 Å². The zero-order valence-corrected chi connectivity index (χ0v) is 10.8. The molecule has 2 unspecified atom stereocenters. The molecule has 2 aliphatic heterocycles. The predicted octanol–water partition coefficient (Wildman–Crippen LogP) is 2.07. The second kappa shape index (κ2) is 5.13. The minimum atomic E-state index is -0.661. The highest BCUT2D eigenvalue weighted by Crippen LogP contribution is 2.22. The maximum absolute atomic E-state index is 14.0. The highest BCUT2D eigenvalue weighted by molar-refractivity contribution is 6.07. The van der Waals surface area contributed by atoms with Gasteiger partial charge in [0.25, 0.3) is 0 Å². The van der Waals surface area contributed by atoms with Crippen molar-refractivity contribution in [3.63, 3.8) is 0 Å². The molecule has 0 radical (unpaired) electrons. The molecule has 0 spiro atoms. The summed E-state index contributed by atoms with van der Waals surface area (Å²) in [6.45, 7) is 3.84. The molecule has 0 aromatic heterocycles. The van der Waals surface area contributed by atoms with Crippen LogP contribution in [0.15, 0.2) is 42.4 Å². The van der Waals surface area contributed by atoms with Crippen LogP contribution in [0.3, 0.4) is 0 Å². The summed E-state index contributed by atoms with van der Waals surface area (Å²) in [5, 5.41) is 0. The number of piperazine rings is 1. The number of carbonyl (C=O) groups excluding carboxylic acids is 1. The molecule has 0 N–H and O–H groups in total. The highest BCUT2D eigenvalue weighted by atomic mass is 19.1. The quantitative estimate of drug-likeness (QED) is 0.614. The van der Waals surface area contributed by atoms with Crippen molar-refractivity contribution in [1.82, 2.24) is 9.80 Å². The van der Waals surface area contributed by atoms with E-state index in [0.717, 1.165) is 32.6 Å². The van der Waals surface area contributed by atoms with Gasteiger partial charge in [-0.05, 0) is 6.42 Å². The van der Waals surface area contributed by atoms with E-state index in [2.05, 4.69) is 4.90 Å². The van der Waals surface area contributed by atoms with Gasteiger partial charge < -0.3 is 4.90 Å². The number of carbonyl (C=O) groups is 1. The molecule has 2 atom stereocenters. The number of halogens is 1. The van der Waals surface area contributed by atoms with E-state index in [1.165, 1.54) is 6.20 Å². The van der Waals surface area contributed by atoms with Crippen molar-refractivity contribution >= 4 is 5.78 Å². The van der Waals surface area contributed by atoms with Crippen LogP contribution in [0.4, 0.5) is 4.39 Å². The van der Waals surface area contributed by atoms with Gasteiger partial charge >= 0.3 is 0 Å². The summed E-state index contributed by atoms with van der Waals surface area (Å²) in [6.07, 6.45) is 2.46. The first-order chi connectivity index (χ1) is 9.24. The molecule has 3 rings (SSSR count). The molecule has 4 heteroatoms. The predicted molar refractivity (Wildman–Crippen MR) is 71.5 cm³/mol. The van der Waals surface area contributed by atoms with Gasteiger partial charge in [-0.3, -0.25) is 9.69 Å². The Morgan fingerprint density at radius 2 is 2.00 bits per heavy atom. The third-order valence-electron chi connectivity index (χ3n) is 3.92. The zero-order valence-electron chi connectivity index (χ0n) is 10.8. The topological polar surface area (TPSA) is 23.6 Å². The Bertz CT molecular complexity index is 500. The van der Waals surface area contributed by atoms with Crippen molar-refractivity contribution in [3.8, 4) is 0 Å². The van der Waals surface area contributed by atoms with Crippen LogP contribution in [-0.4, -0.2) is 47.8 Å². The number of Topliss-reactive ketones (excluding diaryl/α,β-unsaturated/α-hetero) is 1. The summed E-state index contributed by atoms with van der Waals surface area (Å²) in [5.41, 5.74) is 0.404. The molecule has 1 aromatic rings. The Kier molecular flexibility index (Phi) is 3.34. The fourth-order valence-corrected chi connectivity index (χ4v) is 2.83. The number of hydrogen-bond donors (Lipinski definition) is 0. The van der Waals surface area contributed by atoms with Crippen molar-refractivity contribution < 1.29 is 9.18 Å². The first-order valence-electron chi connectivity index (χ1n) is 6.69. The van der Waals surface area contributed by atoms with Crippen LogP contribution < -0.4 is 0 Å².